The summed E-state index contributed by atoms with van der Waals surface area (Å²) in [5.74, 6) is -0.230. The number of benzene rings is 1. The van der Waals surface area contributed by atoms with Gasteiger partial charge in [0, 0.05) is 37.8 Å². The molecule has 1 aliphatic heterocycles. The lowest BCUT2D eigenvalue weighted by molar-refractivity contribution is 0.0938. The molecular weight excluding hydrogens is 326 g/mol. The van der Waals surface area contributed by atoms with E-state index in [1.165, 1.54) is 10.4 Å². The highest BCUT2D eigenvalue weighted by Crippen LogP contribution is 2.18. The third-order valence-electron chi connectivity index (χ3n) is 4.30. The van der Waals surface area contributed by atoms with Gasteiger partial charge in [0.1, 0.15) is 0 Å². The first-order valence-electron chi connectivity index (χ1n) is 8.44. The highest BCUT2D eigenvalue weighted by atomic mass is 32.2. The number of hydrogen-bond acceptors (Lipinski definition) is 4. The number of hydrogen-bond donors (Lipinski definition) is 1. The maximum atomic E-state index is 12.8. The minimum absolute atomic E-state index is 0.0698. The maximum Gasteiger partial charge on any atom is 0.251 e. The van der Waals surface area contributed by atoms with Gasteiger partial charge in [-0.1, -0.05) is 19.4 Å². The number of sulfonamides is 1. The number of carbonyl (C=O) groups excluding carboxylic acids is 1. The van der Waals surface area contributed by atoms with Crippen molar-refractivity contribution in [3.05, 3.63) is 29.8 Å². The van der Waals surface area contributed by atoms with Gasteiger partial charge < -0.3 is 10.2 Å². The van der Waals surface area contributed by atoms with E-state index in [-0.39, 0.29) is 16.8 Å². The Morgan fingerprint density at radius 2 is 1.92 bits per heavy atom. The SMILES string of the molecule is CCC[C@@H](C)NC(=O)c1cccc(S(=O)(=O)N2CCN(C)CC2)c1. The molecule has 1 aromatic carbocycles. The first-order valence-corrected chi connectivity index (χ1v) is 9.88. The number of nitrogens with one attached hydrogen (secondary N) is 1. The predicted octanol–water partition coefficient (Wildman–Crippen LogP) is 1.54. The van der Waals surface area contributed by atoms with Crippen LogP contribution in [0.1, 0.15) is 37.0 Å². The van der Waals surface area contributed by atoms with Crippen LogP contribution in [0.5, 0.6) is 0 Å². The molecule has 7 heteroatoms. The van der Waals surface area contributed by atoms with Crippen molar-refractivity contribution in [3.8, 4) is 0 Å². The zero-order valence-corrected chi connectivity index (χ0v) is 15.5. The molecule has 0 saturated carbocycles. The molecule has 0 spiro atoms. The number of amides is 1. The Morgan fingerprint density at radius 3 is 2.54 bits per heavy atom. The van der Waals surface area contributed by atoms with Crippen LogP contribution >= 0.6 is 0 Å². The van der Waals surface area contributed by atoms with E-state index in [0.29, 0.717) is 31.7 Å². The zero-order chi connectivity index (χ0) is 17.7. The summed E-state index contributed by atoms with van der Waals surface area (Å²) in [4.78, 5) is 14.6. The molecule has 1 saturated heterocycles. The van der Waals surface area contributed by atoms with E-state index in [4.69, 9.17) is 0 Å². The van der Waals surface area contributed by atoms with E-state index in [2.05, 4.69) is 17.1 Å². The molecule has 2 rings (SSSR count). The van der Waals surface area contributed by atoms with Crippen molar-refractivity contribution in [2.75, 3.05) is 33.2 Å². The summed E-state index contributed by atoms with van der Waals surface area (Å²) < 4.78 is 27.0. The lowest BCUT2D eigenvalue weighted by Crippen LogP contribution is -2.47. The average Bonchev–Trinajstić information content (AvgIpc) is 2.55. The van der Waals surface area contributed by atoms with Crippen molar-refractivity contribution in [2.45, 2.75) is 37.6 Å². The van der Waals surface area contributed by atoms with E-state index in [1.807, 2.05) is 14.0 Å². The minimum atomic E-state index is -3.55. The largest absolute Gasteiger partial charge is 0.350 e. The fourth-order valence-electron chi connectivity index (χ4n) is 2.79. The summed E-state index contributed by atoms with van der Waals surface area (Å²) in [5.41, 5.74) is 0.383. The van der Waals surface area contributed by atoms with Crippen LogP contribution in [0, 0.1) is 0 Å². The summed E-state index contributed by atoms with van der Waals surface area (Å²) in [6.07, 6.45) is 1.88. The normalized spacial score (nSPS) is 18.3. The van der Waals surface area contributed by atoms with Crippen molar-refractivity contribution >= 4 is 15.9 Å². The van der Waals surface area contributed by atoms with Gasteiger partial charge in [-0.15, -0.1) is 0 Å². The second-order valence-corrected chi connectivity index (χ2v) is 8.34. The van der Waals surface area contributed by atoms with Crippen LogP contribution in [0.2, 0.25) is 0 Å². The molecule has 0 aromatic heterocycles. The molecule has 1 aromatic rings. The molecule has 24 heavy (non-hydrogen) atoms. The Bertz CT molecular complexity index is 667. The van der Waals surface area contributed by atoms with Crippen molar-refractivity contribution in [1.29, 1.82) is 0 Å². The van der Waals surface area contributed by atoms with Gasteiger partial charge in [-0.3, -0.25) is 4.79 Å². The van der Waals surface area contributed by atoms with E-state index in [0.717, 1.165) is 12.8 Å². The predicted molar refractivity (Wildman–Crippen MR) is 94.5 cm³/mol. The van der Waals surface area contributed by atoms with E-state index >= 15 is 0 Å². The van der Waals surface area contributed by atoms with Crippen LogP contribution in [0.3, 0.4) is 0 Å². The Hall–Kier alpha value is -1.44. The van der Waals surface area contributed by atoms with Gasteiger partial charge in [0.25, 0.3) is 5.91 Å². The zero-order valence-electron chi connectivity index (χ0n) is 14.7. The van der Waals surface area contributed by atoms with Crippen molar-refractivity contribution in [3.63, 3.8) is 0 Å². The topological polar surface area (TPSA) is 69.7 Å². The van der Waals surface area contributed by atoms with Crippen LogP contribution in [-0.4, -0.2) is 62.8 Å². The third kappa shape index (κ3) is 4.55. The fraction of sp³-hybridized carbons (Fsp3) is 0.588. The molecule has 0 bridgehead atoms. The van der Waals surface area contributed by atoms with Crippen LogP contribution < -0.4 is 5.32 Å². The number of rotatable bonds is 6. The molecule has 1 amide bonds. The lowest BCUT2D eigenvalue weighted by atomic mass is 10.1. The third-order valence-corrected chi connectivity index (χ3v) is 6.19. The molecule has 6 nitrogen and oxygen atoms in total. The lowest BCUT2D eigenvalue weighted by Gasteiger charge is -2.31. The smallest absolute Gasteiger partial charge is 0.251 e. The molecule has 0 unspecified atom stereocenters. The number of carbonyl (C=O) groups is 1. The van der Waals surface area contributed by atoms with E-state index in [1.54, 1.807) is 18.2 Å². The fourth-order valence-corrected chi connectivity index (χ4v) is 4.26. The van der Waals surface area contributed by atoms with Gasteiger partial charge >= 0.3 is 0 Å². The van der Waals surface area contributed by atoms with Crippen molar-refractivity contribution in [2.24, 2.45) is 0 Å². The highest BCUT2D eigenvalue weighted by Gasteiger charge is 2.28. The Balaban J connectivity index is 2.15. The van der Waals surface area contributed by atoms with E-state index in [9.17, 15) is 13.2 Å². The Kier molecular flexibility index (Phi) is 6.37. The second kappa shape index (κ2) is 8.09. The molecule has 0 radical (unpaired) electrons. The number of nitrogens with zero attached hydrogens (tertiary/aromatic N) is 2. The first kappa shape index (κ1) is 18.9. The Labute approximate surface area is 144 Å². The van der Waals surface area contributed by atoms with Gasteiger partial charge in [-0.2, -0.15) is 4.31 Å². The Morgan fingerprint density at radius 1 is 1.25 bits per heavy atom. The molecule has 1 aliphatic rings. The van der Waals surface area contributed by atoms with Gasteiger partial charge in [-0.05, 0) is 38.6 Å². The van der Waals surface area contributed by atoms with Gasteiger partial charge in [0.15, 0.2) is 0 Å². The summed E-state index contributed by atoms with van der Waals surface area (Å²) in [7, 11) is -1.57. The first-order chi connectivity index (χ1) is 11.3. The molecule has 0 aliphatic carbocycles. The number of likely N-dealkylation sites (N-methyl/N-ethyl adjacent to an activating group) is 1. The number of piperazine rings is 1. The molecule has 1 fully saturated rings. The standard InChI is InChI=1S/C17H27N3O3S/c1-4-6-14(2)18-17(21)15-7-5-8-16(13-15)24(22,23)20-11-9-19(3)10-12-20/h5,7-8,13-14H,4,6,9-12H2,1-3H3,(H,18,21)/t14-/m1/s1. The summed E-state index contributed by atoms with van der Waals surface area (Å²) in [6.45, 7) is 6.39. The van der Waals surface area contributed by atoms with Gasteiger partial charge in [0.2, 0.25) is 10.0 Å². The average molecular weight is 353 g/mol. The van der Waals surface area contributed by atoms with Crippen molar-refractivity contribution in [1.82, 2.24) is 14.5 Å². The maximum absolute atomic E-state index is 12.8. The summed E-state index contributed by atoms with van der Waals surface area (Å²) in [5, 5.41) is 2.91. The second-order valence-electron chi connectivity index (χ2n) is 6.40. The molecular formula is C17H27N3O3S. The summed E-state index contributed by atoms with van der Waals surface area (Å²) >= 11 is 0. The quantitative estimate of drug-likeness (QED) is 0.842. The van der Waals surface area contributed by atoms with Crippen LogP contribution in [0.25, 0.3) is 0 Å². The van der Waals surface area contributed by atoms with Crippen LogP contribution in [-0.2, 0) is 10.0 Å². The monoisotopic (exact) mass is 353 g/mol. The minimum Gasteiger partial charge on any atom is -0.350 e. The molecule has 134 valence electrons. The van der Waals surface area contributed by atoms with Crippen LogP contribution in [0.4, 0.5) is 0 Å². The van der Waals surface area contributed by atoms with E-state index < -0.39 is 10.0 Å². The van der Waals surface area contributed by atoms with Gasteiger partial charge in [0.05, 0.1) is 4.90 Å². The molecule has 1 atom stereocenters. The van der Waals surface area contributed by atoms with Crippen molar-refractivity contribution < 1.29 is 13.2 Å². The van der Waals surface area contributed by atoms with Gasteiger partial charge in [-0.25, -0.2) is 8.42 Å². The highest BCUT2D eigenvalue weighted by molar-refractivity contribution is 7.89. The molecule has 1 N–H and O–H groups in total. The molecule has 1 heterocycles. The summed E-state index contributed by atoms with van der Waals surface area (Å²) in [6, 6.07) is 6.38. The van der Waals surface area contributed by atoms with Crippen LogP contribution in [0.15, 0.2) is 29.2 Å².